The fourth-order valence-electron chi connectivity index (χ4n) is 4.97. The van der Waals surface area contributed by atoms with Gasteiger partial charge < -0.3 is 0 Å². The maximum atomic E-state index is 2.50. The molecule has 0 N–H and O–H groups in total. The predicted octanol–water partition coefficient (Wildman–Crippen LogP) is 6.06. The smallest absolute Gasteiger partial charge is 0.0215 e. The molecule has 2 saturated carbocycles. The van der Waals surface area contributed by atoms with Crippen molar-refractivity contribution in [2.75, 3.05) is 0 Å². The topological polar surface area (TPSA) is 0 Å². The van der Waals surface area contributed by atoms with E-state index in [1.54, 1.807) is 0 Å². The van der Waals surface area contributed by atoms with Gasteiger partial charge in [0.05, 0.1) is 0 Å². The molecule has 0 spiro atoms. The van der Waals surface area contributed by atoms with Crippen LogP contribution in [0.15, 0.2) is 0 Å². The van der Waals surface area contributed by atoms with Crippen LogP contribution in [0.5, 0.6) is 0 Å². The van der Waals surface area contributed by atoms with Crippen molar-refractivity contribution in [3.8, 4) is 0 Å². The molecule has 0 aromatic rings. The van der Waals surface area contributed by atoms with Gasteiger partial charge in [-0.25, -0.2) is 0 Å². The Labute approximate surface area is 115 Å². The summed E-state index contributed by atoms with van der Waals surface area (Å²) in [7, 11) is 0. The lowest BCUT2D eigenvalue weighted by molar-refractivity contribution is 0.219. The van der Waals surface area contributed by atoms with Gasteiger partial charge in [-0.1, -0.05) is 79.1 Å². The van der Waals surface area contributed by atoms with Crippen molar-refractivity contribution in [1.82, 2.24) is 0 Å². The standard InChI is InChI=1S/C18H34/c1-14(2)18(15(3)16(18)4)13-17-11-9-7-5-6-8-10-12-17/h14-17H,5-13H2,1-4H3. The molecule has 18 heavy (non-hydrogen) atoms. The summed E-state index contributed by atoms with van der Waals surface area (Å²) in [6, 6.07) is 0. The van der Waals surface area contributed by atoms with E-state index in [2.05, 4.69) is 27.7 Å². The molecule has 2 aliphatic rings. The Morgan fingerprint density at radius 3 is 1.67 bits per heavy atom. The third-order valence-electron chi connectivity index (χ3n) is 6.53. The first-order valence-corrected chi connectivity index (χ1v) is 8.59. The normalized spacial score (nSPS) is 39.2. The monoisotopic (exact) mass is 250 g/mol. The van der Waals surface area contributed by atoms with Crippen LogP contribution in [0.4, 0.5) is 0 Å². The van der Waals surface area contributed by atoms with Crippen LogP contribution >= 0.6 is 0 Å². The summed E-state index contributed by atoms with van der Waals surface area (Å²) in [6.07, 6.45) is 13.6. The molecule has 0 nitrogen and oxygen atoms in total. The van der Waals surface area contributed by atoms with E-state index in [1.165, 1.54) is 57.8 Å². The van der Waals surface area contributed by atoms with Crippen molar-refractivity contribution < 1.29 is 0 Å². The molecule has 0 aliphatic heterocycles. The fraction of sp³-hybridized carbons (Fsp3) is 1.00. The fourth-order valence-corrected chi connectivity index (χ4v) is 4.97. The van der Waals surface area contributed by atoms with E-state index < -0.39 is 0 Å². The highest BCUT2D eigenvalue weighted by atomic mass is 14.6. The van der Waals surface area contributed by atoms with Gasteiger partial charge in [-0.05, 0) is 35.5 Å². The van der Waals surface area contributed by atoms with Crippen molar-refractivity contribution in [2.24, 2.45) is 29.1 Å². The van der Waals surface area contributed by atoms with E-state index in [9.17, 15) is 0 Å². The molecular weight excluding hydrogens is 216 g/mol. The van der Waals surface area contributed by atoms with Crippen LogP contribution in [0.2, 0.25) is 0 Å². The van der Waals surface area contributed by atoms with Crippen molar-refractivity contribution in [2.45, 2.75) is 85.5 Å². The second kappa shape index (κ2) is 5.97. The summed E-state index contributed by atoms with van der Waals surface area (Å²) in [6.45, 7) is 9.93. The van der Waals surface area contributed by atoms with E-state index in [1.807, 2.05) is 0 Å². The Bertz CT molecular complexity index is 225. The van der Waals surface area contributed by atoms with Gasteiger partial charge in [0.25, 0.3) is 0 Å². The highest BCUT2D eigenvalue weighted by molar-refractivity contribution is 5.08. The molecular formula is C18H34. The van der Waals surface area contributed by atoms with E-state index >= 15 is 0 Å². The van der Waals surface area contributed by atoms with Gasteiger partial charge >= 0.3 is 0 Å². The molecule has 0 heterocycles. The van der Waals surface area contributed by atoms with Gasteiger partial charge in [-0.15, -0.1) is 0 Å². The van der Waals surface area contributed by atoms with Gasteiger partial charge in [0.2, 0.25) is 0 Å². The van der Waals surface area contributed by atoms with Crippen LogP contribution < -0.4 is 0 Å². The van der Waals surface area contributed by atoms with Crippen LogP contribution in [-0.4, -0.2) is 0 Å². The Balaban J connectivity index is 1.93. The maximum Gasteiger partial charge on any atom is -0.0215 e. The predicted molar refractivity (Wildman–Crippen MR) is 80.6 cm³/mol. The highest BCUT2D eigenvalue weighted by Gasteiger charge is 2.60. The molecule has 2 fully saturated rings. The Morgan fingerprint density at radius 1 is 0.833 bits per heavy atom. The number of hydrogen-bond acceptors (Lipinski definition) is 0. The Morgan fingerprint density at radius 2 is 1.28 bits per heavy atom. The molecule has 0 aromatic carbocycles. The van der Waals surface area contributed by atoms with E-state index in [0.717, 1.165) is 23.7 Å². The minimum atomic E-state index is 0.707. The summed E-state index contributed by atoms with van der Waals surface area (Å²) in [5, 5.41) is 0. The lowest BCUT2D eigenvalue weighted by atomic mass is 9.77. The first-order valence-electron chi connectivity index (χ1n) is 8.59. The van der Waals surface area contributed by atoms with E-state index in [4.69, 9.17) is 0 Å². The lowest BCUT2D eigenvalue weighted by Crippen LogP contribution is -2.19. The quantitative estimate of drug-likeness (QED) is 0.571. The maximum absolute atomic E-state index is 2.50. The molecule has 0 amide bonds. The Kier molecular flexibility index (Phi) is 4.78. The number of hydrogen-bond donors (Lipinski definition) is 0. The van der Waals surface area contributed by atoms with Crippen LogP contribution in [0.1, 0.15) is 85.5 Å². The average Bonchev–Trinajstić information content (AvgIpc) is 2.84. The van der Waals surface area contributed by atoms with Crippen LogP contribution in [0.25, 0.3) is 0 Å². The van der Waals surface area contributed by atoms with Gasteiger partial charge in [-0.2, -0.15) is 0 Å². The first kappa shape index (κ1) is 14.4. The Hall–Kier alpha value is 0. The summed E-state index contributed by atoms with van der Waals surface area (Å²) >= 11 is 0. The third-order valence-corrected chi connectivity index (χ3v) is 6.53. The molecule has 106 valence electrons. The summed E-state index contributed by atoms with van der Waals surface area (Å²) in [4.78, 5) is 0. The molecule has 0 bridgehead atoms. The first-order chi connectivity index (χ1) is 8.59. The van der Waals surface area contributed by atoms with E-state index in [0.29, 0.717) is 5.41 Å². The zero-order valence-corrected chi connectivity index (χ0v) is 13.2. The second-order valence-electron chi connectivity index (χ2n) is 7.61. The van der Waals surface area contributed by atoms with Gasteiger partial charge in [0, 0.05) is 0 Å². The van der Waals surface area contributed by atoms with Crippen LogP contribution in [-0.2, 0) is 0 Å². The van der Waals surface area contributed by atoms with Crippen LogP contribution in [0, 0.1) is 29.1 Å². The lowest BCUT2D eigenvalue weighted by Gasteiger charge is -2.28. The number of rotatable bonds is 3. The van der Waals surface area contributed by atoms with E-state index in [-0.39, 0.29) is 0 Å². The molecule has 0 saturated heterocycles. The molecule has 0 heteroatoms. The molecule has 2 rings (SSSR count). The zero-order valence-electron chi connectivity index (χ0n) is 13.2. The minimum absolute atomic E-state index is 0.707. The van der Waals surface area contributed by atoms with Crippen molar-refractivity contribution in [3.63, 3.8) is 0 Å². The van der Waals surface area contributed by atoms with Gasteiger partial charge in [0.1, 0.15) is 0 Å². The minimum Gasteiger partial charge on any atom is -0.0622 e. The summed E-state index contributed by atoms with van der Waals surface area (Å²) in [5.41, 5.74) is 0.707. The van der Waals surface area contributed by atoms with Crippen molar-refractivity contribution in [3.05, 3.63) is 0 Å². The SMILES string of the molecule is CC(C)C1(CC2CCCCCCCC2)C(C)C1C. The average molecular weight is 250 g/mol. The zero-order chi connectivity index (χ0) is 13.2. The van der Waals surface area contributed by atoms with Crippen molar-refractivity contribution in [1.29, 1.82) is 0 Å². The second-order valence-corrected chi connectivity index (χ2v) is 7.61. The summed E-state index contributed by atoms with van der Waals surface area (Å²) < 4.78 is 0. The largest absolute Gasteiger partial charge is 0.0622 e. The summed E-state index contributed by atoms with van der Waals surface area (Å²) in [5.74, 6) is 3.88. The molecule has 2 atom stereocenters. The molecule has 0 radical (unpaired) electrons. The molecule has 0 aromatic heterocycles. The molecule has 2 aliphatic carbocycles. The third kappa shape index (κ3) is 2.78. The van der Waals surface area contributed by atoms with Gasteiger partial charge in [-0.3, -0.25) is 0 Å². The van der Waals surface area contributed by atoms with Gasteiger partial charge in [0.15, 0.2) is 0 Å². The van der Waals surface area contributed by atoms with Crippen molar-refractivity contribution >= 4 is 0 Å². The highest BCUT2D eigenvalue weighted by Crippen LogP contribution is 2.66. The molecule has 2 unspecified atom stereocenters. The van der Waals surface area contributed by atoms with Crippen LogP contribution in [0.3, 0.4) is 0 Å².